The highest BCUT2D eigenvalue weighted by molar-refractivity contribution is 7.54. The molecule has 0 aromatic rings. The number of carbonyl (C=O) groups excluding carboxylic acids is 1. The van der Waals surface area contributed by atoms with Gasteiger partial charge >= 0.3 is 13.7 Å². The normalized spacial score (nSPS) is 19.0. The Labute approximate surface area is 157 Å². The molecule has 26 heavy (non-hydrogen) atoms. The van der Waals surface area contributed by atoms with Gasteiger partial charge < -0.3 is 24.2 Å². The minimum absolute atomic E-state index is 0.150. The van der Waals surface area contributed by atoms with Crippen molar-refractivity contribution in [1.82, 2.24) is 5.32 Å². The van der Waals surface area contributed by atoms with E-state index < -0.39 is 31.2 Å². The monoisotopic (exact) mass is 393 g/mol. The Kier molecular flexibility index (Phi) is 9.59. The number of alkyl carbamates (subject to hydrolysis) is 1. The summed E-state index contributed by atoms with van der Waals surface area (Å²) in [5.74, 6) is -1.08. The van der Waals surface area contributed by atoms with Gasteiger partial charge in [-0.1, -0.05) is 32.1 Å². The molecule has 154 valence electrons. The second-order valence-electron chi connectivity index (χ2n) is 7.78. The van der Waals surface area contributed by atoms with Crippen molar-refractivity contribution in [1.29, 1.82) is 0 Å². The largest absolute Gasteiger partial charge is 0.444 e. The maximum Gasteiger partial charge on any atom is 0.407 e. The zero-order chi connectivity index (χ0) is 19.8. The van der Waals surface area contributed by atoms with E-state index in [0.29, 0.717) is 12.3 Å². The quantitative estimate of drug-likeness (QED) is 0.563. The van der Waals surface area contributed by atoms with Gasteiger partial charge in [0, 0.05) is 0 Å². The molecule has 0 spiro atoms. The summed E-state index contributed by atoms with van der Waals surface area (Å²) < 4.78 is 28.8. The summed E-state index contributed by atoms with van der Waals surface area (Å²) in [6.07, 6.45) is 5.42. The topological polar surface area (TPSA) is 94.1 Å². The van der Waals surface area contributed by atoms with Crippen LogP contribution in [-0.2, 0) is 18.3 Å². The summed E-state index contributed by atoms with van der Waals surface area (Å²) in [4.78, 5) is 12.2. The number of hydrogen-bond donors (Lipinski definition) is 2. The summed E-state index contributed by atoms with van der Waals surface area (Å²) in [6.45, 7) is 8.98. The predicted octanol–water partition coefficient (Wildman–Crippen LogP) is 4.43. The Balaban J connectivity index is 2.92. The van der Waals surface area contributed by atoms with Crippen molar-refractivity contribution < 1.29 is 28.3 Å². The number of aliphatic hydroxyl groups excluding tert-OH is 1. The molecule has 2 atom stereocenters. The Morgan fingerprint density at radius 1 is 1.15 bits per heavy atom. The van der Waals surface area contributed by atoms with Crippen LogP contribution in [0.1, 0.15) is 73.1 Å². The molecule has 0 aromatic heterocycles. The van der Waals surface area contributed by atoms with Gasteiger partial charge in [-0.25, -0.2) is 4.79 Å². The summed E-state index contributed by atoms with van der Waals surface area (Å²) in [6, 6.07) is -0.753. The predicted molar refractivity (Wildman–Crippen MR) is 101 cm³/mol. The summed E-state index contributed by atoms with van der Waals surface area (Å²) in [7, 11) is -3.76. The lowest BCUT2D eigenvalue weighted by Gasteiger charge is -2.33. The second-order valence-corrected chi connectivity index (χ2v) is 9.91. The van der Waals surface area contributed by atoms with Crippen molar-refractivity contribution in [2.24, 2.45) is 5.92 Å². The molecule has 2 N–H and O–H groups in total. The van der Waals surface area contributed by atoms with Crippen molar-refractivity contribution in [3.8, 4) is 0 Å². The number of rotatable bonds is 9. The molecule has 1 aliphatic carbocycles. The maximum absolute atomic E-state index is 13.0. The van der Waals surface area contributed by atoms with Crippen LogP contribution in [-0.4, -0.2) is 41.9 Å². The fourth-order valence-corrected chi connectivity index (χ4v) is 5.00. The lowest BCUT2D eigenvalue weighted by Crippen LogP contribution is -2.46. The van der Waals surface area contributed by atoms with E-state index in [0.717, 1.165) is 25.7 Å². The van der Waals surface area contributed by atoms with E-state index >= 15 is 0 Å². The van der Waals surface area contributed by atoms with Gasteiger partial charge in [-0.3, -0.25) is 4.57 Å². The first kappa shape index (κ1) is 23.4. The van der Waals surface area contributed by atoms with Gasteiger partial charge in [0.25, 0.3) is 0 Å². The van der Waals surface area contributed by atoms with Crippen molar-refractivity contribution in [3.05, 3.63) is 0 Å². The number of aliphatic hydroxyl groups is 1. The zero-order valence-corrected chi connectivity index (χ0v) is 17.7. The van der Waals surface area contributed by atoms with Gasteiger partial charge in [-0.15, -0.1) is 0 Å². The number of nitrogens with one attached hydrogen (secondary N) is 1. The number of carbonyl (C=O) groups is 1. The standard InChI is InChI=1S/C18H36NO6P/c1-6-23-26(22,24-7-2)16(20)15(13-14-11-9-8-10-12-14)19-17(21)25-18(3,4)5/h14-16,20H,6-13H2,1-5H3,(H,19,21)/t15-,16?/m0/s1. The molecule has 0 saturated heterocycles. The van der Waals surface area contributed by atoms with Crippen LogP contribution in [0.25, 0.3) is 0 Å². The van der Waals surface area contributed by atoms with E-state index in [4.69, 9.17) is 13.8 Å². The molecule has 1 saturated carbocycles. The van der Waals surface area contributed by atoms with E-state index in [1.165, 1.54) is 6.42 Å². The third-order valence-corrected chi connectivity index (χ3v) is 6.56. The molecule has 1 unspecified atom stereocenters. The van der Waals surface area contributed by atoms with E-state index in [9.17, 15) is 14.5 Å². The molecule has 8 heteroatoms. The molecular formula is C18H36NO6P. The Bertz CT molecular complexity index is 463. The smallest absolute Gasteiger partial charge is 0.407 e. The van der Waals surface area contributed by atoms with Crippen molar-refractivity contribution in [3.63, 3.8) is 0 Å². The van der Waals surface area contributed by atoms with Crippen LogP contribution in [0.5, 0.6) is 0 Å². The van der Waals surface area contributed by atoms with E-state index in [-0.39, 0.29) is 13.2 Å². The summed E-state index contributed by atoms with van der Waals surface area (Å²) >= 11 is 0. The third kappa shape index (κ3) is 7.95. The molecular weight excluding hydrogens is 357 g/mol. The van der Waals surface area contributed by atoms with Crippen LogP contribution in [0.3, 0.4) is 0 Å². The summed E-state index contributed by atoms with van der Waals surface area (Å²) in [5.41, 5.74) is -0.659. The van der Waals surface area contributed by atoms with Crippen molar-refractivity contribution >= 4 is 13.7 Å². The van der Waals surface area contributed by atoms with E-state index in [1.807, 2.05) is 0 Å². The van der Waals surface area contributed by atoms with Crippen LogP contribution in [0.15, 0.2) is 0 Å². The minimum atomic E-state index is -3.76. The van der Waals surface area contributed by atoms with Gasteiger partial charge in [-0.2, -0.15) is 0 Å². The fraction of sp³-hybridized carbons (Fsp3) is 0.944. The second kappa shape index (κ2) is 10.6. The lowest BCUT2D eigenvalue weighted by molar-refractivity contribution is 0.0427. The van der Waals surface area contributed by atoms with Crippen molar-refractivity contribution in [2.75, 3.05) is 13.2 Å². The molecule has 0 aromatic carbocycles. The maximum atomic E-state index is 13.0. The van der Waals surface area contributed by atoms with Crippen LogP contribution in [0.2, 0.25) is 0 Å². The number of hydrogen-bond acceptors (Lipinski definition) is 6. The Hall–Kier alpha value is -0.620. The SMILES string of the molecule is CCOP(=O)(OCC)C(O)[C@H](CC1CCCCC1)NC(=O)OC(C)(C)C. The first-order valence-electron chi connectivity index (χ1n) is 9.67. The van der Waals surface area contributed by atoms with Gasteiger partial charge in [0.15, 0.2) is 5.85 Å². The minimum Gasteiger partial charge on any atom is -0.444 e. The molecule has 1 rings (SSSR count). The van der Waals surface area contributed by atoms with Crippen LogP contribution in [0, 0.1) is 5.92 Å². The molecule has 0 heterocycles. The molecule has 0 radical (unpaired) electrons. The lowest BCUT2D eigenvalue weighted by atomic mass is 9.85. The van der Waals surface area contributed by atoms with Gasteiger partial charge in [0.1, 0.15) is 5.60 Å². The van der Waals surface area contributed by atoms with E-state index in [2.05, 4.69) is 5.32 Å². The molecule has 0 aliphatic heterocycles. The first-order chi connectivity index (χ1) is 12.1. The molecule has 1 aliphatic rings. The van der Waals surface area contributed by atoms with Gasteiger partial charge in [-0.05, 0) is 47.0 Å². The van der Waals surface area contributed by atoms with Crippen LogP contribution >= 0.6 is 7.60 Å². The van der Waals surface area contributed by atoms with E-state index in [1.54, 1.807) is 34.6 Å². The number of ether oxygens (including phenoxy) is 1. The van der Waals surface area contributed by atoms with Gasteiger partial charge in [0.05, 0.1) is 19.3 Å². The van der Waals surface area contributed by atoms with Crippen LogP contribution in [0.4, 0.5) is 4.79 Å². The molecule has 1 amide bonds. The first-order valence-corrected chi connectivity index (χ1v) is 11.3. The highest BCUT2D eigenvalue weighted by atomic mass is 31.2. The Morgan fingerprint density at radius 2 is 1.69 bits per heavy atom. The van der Waals surface area contributed by atoms with Crippen molar-refractivity contribution in [2.45, 2.75) is 90.6 Å². The zero-order valence-electron chi connectivity index (χ0n) is 16.8. The summed E-state index contributed by atoms with van der Waals surface area (Å²) in [5, 5.41) is 13.5. The molecule has 7 nitrogen and oxygen atoms in total. The third-order valence-electron chi connectivity index (χ3n) is 4.32. The number of amides is 1. The fourth-order valence-electron chi connectivity index (χ4n) is 3.27. The highest BCUT2D eigenvalue weighted by Gasteiger charge is 2.42. The molecule has 1 fully saturated rings. The average molecular weight is 393 g/mol. The van der Waals surface area contributed by atoms with Gasteiger partial charge in [0.2, 0.25) is 0 Å². The highest BCUT2D eigenvalue weighted by Crippen LogP contribution is 2.53. The molecule has 0 bridgehead atoms. The average Bonchev–Trinajstić information content (AvgIpc) is 2.53. The Morgan fingerprint density at radius 3 is 2.15 bits per heavy atom. The van der Waals surface area contributed by atoms with Crippen LogP contribution < -0.4 is 5.32 Å².